The Balaban J connectivity index is 1.24. The van der Waals surface area contributed by atoms with E-state index in [1.165, 1.54) is 16.7 Å². The molecule has 0 N–H and O–H groups in total. The highest BCUT2D eigenvalue weighted by atomic mass is 32.2. The highest BCUT2D eigenvalue weighted by Crippen LogP contribution is 2.29. The minimum absolute atomic E-state index is 0.339. The lowest BCUT2D eigenvalue weighted by Crippen LogP contribution is -2.38. The van der Waals surface area contributed by atoms with Crippen molar-refractivity contribution in [3.05, 3.63) is 130 Å². The van der Waals surface area contributed by atoms with Gasteiger partial charge in [-0.25, -0.2) is 13.4 Å². The van der Waals surface area contributed by atoms with E-state index in [1.54, 1.807) is 34.9 Å². The number of sulfonamides is 1. The molecule has 1 aliphatic heterocycles. The monoisotopic (exact) mass is 623 g/mol. The fourth-order valence-corrected chi connectivity index (χ4v) is 8.09. The molecule has 0 saturated carbocycles. The minimum atomic E-state index is -3.56. The number of aromatic nitrogens is 1. The van der Waals surface area contributed by atoms with E-state index in [2.05, 4.69) is 65.4 Å². The van der Waals surface area contributed by atoms with Crippen LogP contribution in [0.2, 0.25) is 0 Å². The Morgan fingerprint density at radius 3 is 2.18 bits per heavy atom. The van der Waals surface area contributed by atoms with Crippen LogP contribution >= 0.6 is 11.3 Å². The SMILES string of the molecule is COc1ccc(N=c2scc(-c3ccc(S(=O)(=O)N4CCC(Cc5ccccc5)CC4)cc3)n2Cc2ccc(C)cc2)cc1. The molecule has 0 amide bonds. The van der Waals surface area contributed by atoms with Gasteiger partial charge >= 0.3 is 0 Å². The number of hydrogen-bond donors (Lipinski definition) is 0. The zero-order valence-corrected chi connectivity index (χ0v) is 26.7. The third-order valence-electron chi connectivity index (χ3n) is 8.28. The maximum absolute atomic E-state index is 13.6. The van der Waals surface area contributed by atoms with Crippen LogP contribution in [0.1, 0.15) is 29.5 Å². The third-order valence-corrected chi connectivity index (χ3v) is 11.1. The Kier molecular flexibility index (Phi) is 9.12. The van der Waals surface area contributed by atoms with Gasteiger partial charge in [-0.2, -0.15) is 4.31 Å². The molecule has 0 aliphatic carbocycles. The first-order valence-corrected chi connectivity index (χ1v) is 17.3. The van der Waals surface area contributed by atoms with Gasteiger partial charge in [0.1, 0.15) is 5.75 Å². The van der Waals surface area contributed by atoms with Gasteiger partial charge in [-0.3, -0.25) is 0 Å². The molecule has 1 fully saturated rings. The summed E-state index contributed by atoms with van der Waals surface area (Å²) in [6, 6.07) is 34.0. The van der Waals surface area contributed by atoms with Gasteiger partial charge in [-0.05, 0) is 85.2 Å². The summed E-state index contributed by atoms with van der Waals surface area (Å²) in [5.74, 6) is 1.29. The molecule has 5 aromatic rings. The summed E-state index contributed by atoms with van der Waals surface area (Å²) >= 11 is 1.57. The fraction of sp³-hybridized carbons (Fsp3) is 0.250. The molecule has 1 aliphatic rings. The lowest BCUT2D eigenvalue weighted by molar-refractivity contribution is 0.273. The predicted molar refractivity (Wildman–Crippen MR) is 178 cm³/mol. The molecule has 8 heteroatoms. The quantitative estimate of drug-likeness (QED) is 0.171. The molecule has 1 saturated heterocycles. The number of methoxy groups -OCH3 is 1. The number of piperidine rings is 1. The molecule has 2 heterocycles. The lowest BCUT2D eigenvalue weighted by Gasteiger charge is -2.31. The zero-order valence-electron chi connectivity index (χ0n) is 25.1. The Bertz CT molecular complexity index is 1850. The molecule has 226 valence electrons. The van der Waals surface area contributed by atoms with Crippen molar-refractivity contribution in [2.24, 2.45) is 10.9 Å². The van der Waals surface area contributed by atoms with E-state index in [0.29, 0.717) is 30.4 Å². The lowest BCUT2D eigenvalue weighted by atomic mass is 9.91. The van der Waals surface area contributed by atoms with Crippen LogP contribution in [0.15, 0.2) is 118 Å². The van der Waals surface area contributed by atoms with Crippen molar-refractivity contribution in [2.45, 2.75) is 37.6 Å². The number of hydrogen-bond acceptors (Lipinski definition) is 5. The molecule has 0 bridgehead atoms. The zero-order chi connectivity index (χ0) is 30.5. The van der Waals surface area contributed by atoms with Gasteiger partial charge in [0.05, 0.1) is 29.9 Å². The van der Waals surface area contributed by atoms with Crippen molar-refractivity contribution < 1.29 is 13.2 Å². The molecule has 1 aromatic heterocycles. The van der Waals surface area contributed by atoms with Gasteiger partial charge in [0.15, 0.2) is 4.80 Å². The first-order chi connectivity index (χ1) is 21.4. The van der Waals surface area contributed by atoms with E-state index in [9.17, 15) is 8.42 Å². The largest absolute Gasteiger partial charge is 0.497 e. The number of ether oxygens (including phenoxy) is 1. The number of nitrogens with zero attached hydrogens (tertiary/aromatic N) is 3. The highest BCUT2D eigenvalue weighted by molar-refractivity contribution is 7.89. The molecule has 0 spiro atoms. The summed E-state index contributed by atoms with van der Waals surface area (Å²) in [5.41, 5.74) is 6.48. The van der Waals surface area contributed by atoms with Gasteiger partial charge in [-0.1, -0.05) is 72.3 Å². The molecule has 0 atom stereocenters. The first-order valence-electron chi connectivity index (χ1n) is 15.0. The van der Waals surface area contributed by atoms with Crippen LogP contribution in [0.25, 0.3) is 11.3 Å². The summed E-state index contributed by atoms with van der Waals surface area (Å²) in [5, 5.41) is 2.09. The predicted octanol–water partition coefficient (Wildman–Crippen LogP) is 7.46. The second-order valence-corrected chi connectivity index (χ2v) is 14.1. The summed E-state index contributed by atoms with van der Waals surface area (Å²) in [6.07, 6.45) is 2.75. The van der Waals surface area contributed by atoms with Crippen molar-refractivity contribution >= 4 is 27.0 Å². The van der Waals surface area contributed by atoms with E-state index in [4.69, 9.17) is 9.73 Å². The molecular weight excluding hydrogens is 587 g/mol. The van der Waals surface area contributed by atoms with E-state index < -0.39 is 10.0 Å². The van der Waals surface area contributed by atoms with Gasteiger partial charge in [0, 0.05) is 18.5 Å². The molecule has 44 heavy (non-hydrogen) atoms. The summed E-state index contributed by atoms with van der Waals surface area (Å²) in [6.45, 7) is 3.84. The van der Waals surface area contributed by atoms with Crippen molar-refractivity contribution in [1.29, 1.82) is 0 Å². The van der Waals surface area contributed by atoms with Crippen molar-refractivity contribution in [1.82, 2.24) is 8.87 Å². The summed E-state index contributed by atoms with van der Waals surface area (Å²) in [4.78, 5) is 6.15. The van der Waals surface area contributed by atoms with Crippen LogP contribution < -0.4 is 9.54 Å². The van der Waals surface area contributed by atoms with Crippen molar-refractivity contribution in [3.8, 4) is 17.0 Å². The molecule has 0 radical (unpaired) electrons. The molecule has 6 nitrogen and oxygen atoms in total. The smallest absolute Gasteiger partial charge is 0.243 e. The van der Waals surface area contributed by atoms with Crippen molar-refractivity contribution in [2.75, 3.05) is 20.2 Å². The second-order valence-electron chi connectivity index (χ2n) is 11.3. The van der Waals surface area contributed by atoms with Gasteiger partial charge in [-0.15, -0.1) is 11.3 Å². The van der Waals surface area contributed by atoms with Gasteiger partial charge < -0.3 is 9.30 Å². The third kappa shape index (κ3) is 6.88. The molecule has 4 aromatic carbocycles. The van der Waals surface area contributed by atoms with E-state index >= 15 is 0 Å². The number of rotatable bonds is 9. The minimum Gasteiger partial charge on any atom is -0.497 e. The molecular formula is C36H37N3O3S2. The van der Waals surface area contributed by atoms with E-state index in [1.807, 2.05) is 42.5 Å². The Morgan fingerprint density at radius 1 is 0.841 bits per heavy atom. The molecule has 6 rings (SSSR count). The average molecular weight is 624 g/mol. The second kappa shape index (κ2) is 13.3. The topological polar surface area (TPSA) is 63.9 Å². The Morgan fingerprint density at radius 2 is 1.52 bits per heavy atom. The van der Waals surface area contributed by atoms with Crippen LogP contribution in [0.5, 0.6) is 5.75 Å². The Labute approximate surface area is 264 Å². The van der Waals surface area contributed by atoms with Crippen LogP contribution in [0, 0.1) is 12.8 Å². The van der Waals surface area contributed by atoms with Crippen LogP contribution in [0.4, 0.5) is 5.69 Å². The average Bonchev–Trinajstić information content (AvgIpc) is 3.44. The van der Waals surface area contributed by atoms with Gasteiger partial charge in [0.25, 0.3) is 0 Å². The Hall–Kier alpha value is -3.98. The standard InChI is InChI=1S/C36H37N3O3S2/c1-27-8-10-30(11-9-27)25-39-35(26-43-36(39)37-32-14-16-33(42-2)17-15-32)31-12-18-34(19-13-31)44(40,41)38-22-20-29(21-23-38)24-28-6-4-3-5-7-28/h3-19,26,29H,20-25H2,1-2H3. The van der Waals surface area contributed by atoms with Crippen LogP contribution in [0.3, 0.4) is 0 Å². The first kappa shape index (κ1) is 30.1. The maximum atomic E-state index is 13.6. The van der Waals surface area contributed by atoms with Crippen molar-refractivity contribution in [3.63, 3.8) is 0 Å². The number of benzene rings is 4. The van der Waals surface area contributed by atoms with E-state index in [0.717, 1.165) is 46.8 Å². The normalized spacial score (nSPS) is 15.0. The maximum Gasteiger partial charge on any atom is 0.243 e. The van der Waals surface area contributed by atoms with Gasteiger partial charge in [0.2, 0.25) is 10.0 Å². The number of aryl methyl sites for hydroxylation is 1. The summed E-state index contributed by atoms with van der Waals surface area (Å²) < 4.78 is 36.3. The van der Waals surface area contributed by atoms with Crippen LogP contribution in [-0.4, -0.2) is 37.5 Å². The highest BCUT2D eigenvalue weighted by Gasteiger charge is 2.29. The molecule has 0 unspecified atom stereocenters. The summed E-state index contributed by atoms with van der Waals surface area (Å²) in [7, 11) is -1.91. The number of thiazole rings is 1. The fourth-order valence-electron chi connectivity index (χ4n) is 5.69. The van der Waals surface area contributed by atoms with E-state index in [-0.39, 0.29) is 0 Å². The van der Waals surface area contributed by atoms with Crippen LogP contribution in [-0.2, 0) is 23.0 Å².